The lowest BCUT2D eigenvalue weighted by molar-refractivity contribution is 0.102. The molecule has 1 amide bonds. The normalized spacial score (nSPS) is 15.9. The van der Waals surface area contributed by atoms with Crippen LogP contribution in [-0.2, 0) is 0 Å². The minimum absolute atomic E-state index is 0.00104. The molecule has 5 N–H and O–H groups in total. The molecule has 2 aromatic heterocycles. The number of nitrogens with two attached hydrogens (primary N) is 2. The molecule has 1 unspecified atom stereocenters. The summed E-state index contributed by atoms with van der Waals surface area (Å²) >= 11 is 0. The van der Waals surface area contributed by atoms with Crippen LogP contribution in [0, 0.1) is 11.3 Å². The Bertz CT molecular complexity index is 1160. The fraction of sp³-hybridized carbons (Fsp3) is 0.227. The Morgan fingerprint density at radius 1 is 1.26 bits per heavy atom. The zero-order valence-corrected chi connectivity index (χ0v) is 16.8. The molecule has 1 aromatic carbocycles. The summed E-state index contributed by atoms with van der Waals surface area (Å²) in [5.74, 6) is -0.502. The van der Waals surface area contributed by atoms with Crippen molar-refractivity contribution >= 4 is 23.1 Å². The third-order valence-electron chi connectivity index (χ3n) is 5.18. The smallest absolute Gasteiger partial charge is 0.278 e. The number of aromatic nitrogens is 3. The van der Waals surface area contributed by atoms with E-state index in [1.807, 2.05) is 6.07 Å². The first-order chi connectivity index (χ1) is 15.1. The number of pyridine rings is 1. The molecule has 0 radical (unpaired) electrons. The maximum atomic E-state index is 13.0. The van der Waals surface area contributed by atoms with E-state index in [-0.39, 0.29) is 17.6 Å². The number of anilines is 3. The molecular weight excluding hydrogens is 392 g/mol. The predicted molar refractivity (Wildman–Crippen MR) is 118 cm³/mol. The van der Waals surface area contributed by atoms with Crippen molar-refractivity contribution < 1.29 is 4.79 Å². The van der Waals surface area contributed by atoms with Crippen LogP contribution in [0.5, 0.6) is 0 Å². The van der Waals surface area contributed by atoms with E-state index in [0.29, 0.717) is 29.1 Å². The average Bonchev–Trinajstić information content (AvgIpc) is 2.79. The lowest BCUT2D eigenvalue weighted by Crippen LogP contribution is -2.43. The Morgan fingerprint density at radius 3 is 2.90 bits per heavy atom. The molecule has 9 nitrogen and oxygen atoms in total. The zero-order valence-electron chi connectivity index (χ0n) is 16.8. The number of carbonyl (C=O) groups excluding carboxylic acids is 1. The number of nitrogens with one attached hydrogen (secondary N) is 1. The summed E-state index contributed by atoms with van der Waals surface area (Å²) in [5, 5.41) is 12.2. The van der Waals surface area contributed by atoms with Crippen LogP contribution in [-0.4, -0.2) is 40.0 Å². The number of hydrogen-bond acceptors (Lipinski definition) is 8. The van der Waals surface area contributed by atoms with E-state index in [4.69, 9.17) is 11.5 Å². The van der Waals surface area contributed by atoms with Gasteiger partial charge in [-0.15, -0.1) is 0 Å². The Morgan fingerprint density at radius 2 is 2.10 bits per heavy atom. The minimum Gasteiger partial charge on any atom is -0.382 e. The van der Waals surface area contributed by atoms with Gasteiger partial charge in [-0.3, -0.25) is 9.78 Å². The largest absolute Gasteiger partial charge is 0.382 e. The van der Waals surface area contributed by atoms with E-state index in [9.17, 15) is 10.1 Å². The van der Waals surface area contributed by atoms with E-state index < -0.39 is 5.91 Å². The van der Waals surface area contributed by atoms with Crippen molar-refractivity contribution in [3.05, 3.63) is 60.2 Å². The van der Waals surface area contributed by atoms with E-state index in [1.54, 1.807) is 36.7 Å². The molecule has 3 aromatic rings. The molecule has 1 atom stereocenters. The van der Waals surface area contributed by atoms with E-state index in [1.165, 1.54) is 6.20 Å². The van der Waals surface area contributed by atoms with E-state index >= 15 is 0 Å². The number of hydrogen-bond donors (Lipinski definition) is 3. The standard InChI is InChI=1S/C22H22N8O/c23-10-14-4-1-2-6-16(14)17-12-27-21(25)20(28-17)22(31)29-18-11-26-8-7-19(18)30-9-3-5-15(24)13-30/h1-2,4,6-8,11-12,15H,3,5,9,13,24H2,(H2,25,27)(H,29,31). The van der Waals surface area contributed by atoms with Crippen molar-refractivity contribution in [1.82, 2.24) is 15.0 Å². The van der Waals surface area contributed by atoms with Crippen LogP contribution in [0.2, 0.25) is 0 Å². The Balaban J connectivity index is 1.64. The molecule has 3 heterocycles. The summed E-state index contributed by atoms with van der Waals surface area (Å²) in [6.45, 7) is 1.55. The molecule has 1 fully saturated rings. The van der Waals surface area contributed by atoms with Gasteiger partial charge in [0.15, 0.2) is 11.5 Å². The second-order valence-corrected chi connectivity index (χ2v) is 7.34. The van der Waals surface area contributed by atoms with Gasteiger partial charge >= 0.3 is 0 Å². The number of carbonyl (C=O) groups is 1. The van der Waals surface area contributed by atoms with Crippen molar-refractivity contribution in [3.8, 4) is 17.3 Å². The van der Waals surface area contributed by atoms with Crippen molar-refractivity contribution in [2.24, 2.45) is 5.73 Å². The van der Waals surface area contributed by atoms with Crippen LogP contribution in [0.3, 0.4) is 0 Å². The monoisotopic (exact) mass is 414 g/mol. The molecule has 0 spiro atoms. The van der Waals surface area contributed by atoms with Gasteiger partial charge in [-0.2, -0.15) is 5.26 Å². The summed E-state index contributed by atoms with van der Waals surface area (Å²) in [5.41, 5.74) is 14.8. The van der Waals surface area contributed by atoms with Gasteiger partial charge in [-0.25, -0.2) is 9.97 Å². The lowest BCUT2D eigenvalue weighted by atomic mass is 10.1. The van der Waals surface area contributed by atoms with Crippen molar-refractivity contribution in [1.29, 1.82) is 5.26 Å². The molecule has 4 rings (SSSR count). The number of nitriles is 1. The topological polar surface area (TPSA) is 147 Å². The summed E-state index contributed by atoms with van der Waals surface area (Å²) < 4.78 is 0. The molecule has 1 saturated heterocycles. The molecule has 0 aliphatic carbocycles. The molecule has 0 saturated carbocycles. The molecule has 0 bridgehead atoms. The predicted octanol–water partition coefficient (Wildman–Crippen LogP) is 2.17. The molecule has 1 aliphatic rings. The van der Waals surface area contributed by atoms with Gasteiger partial charge in [0, 0.05) is 30.9 Å². The van der Waals surface area contributed by atoms with Gasteiger partial charge in [0.05, 0.1) is 41.1 Å². The first-order valence-corrected chi connectivity index (χ1v) is 9.94. The van der Waals surface area contributed by atoms with Gasteiger partial charge in [0.25, 0.3) is 5.91 Å². The first-order valence-electron chi connectivity index (χ1n) is 9.94. The summed E-state index contributed by atoms with van der Waals surface area (Å²) in [4.78, 5) is 27.8. The Kier molecular flexibility index (Phi) is 5.73. The lowest BCUT2D eigenvalue weighted by Gasteiger charge is -2.33. The van der Waals surface area contributed by atoms with Crippen LogP contribution in [0.25, 0.3) is 11.3 Å². The van der Waals surface area contributed by atoms with Gasteiger partial charge < -0.3 is 21.7 Å². The van der Waals surface area contributed by atoms with Crippen LogP contribution < -0.4 is 21.7 Å². The van der Waals surface area contributed by atoms with Crippen LogP contribution in [0.15, 0.2) is 48.9 Å². The van der Waals surface area contributed by atoms with Crippen LogP contribution in [0.4, 0.5) is 17.2 Å². The highest BCUT2D eigenvalue weighted by Crippen LogP contribution is 2.28. The van der Waals surface area contributed by atoms with Gasteiger partial charge in [0.1, 0.15) is 0 Å². The third-order valence-corrected chi connectivity index (χ3v) is 5.18. The fourth-order valence-electron chi connectivity index (χ4n) is 3.67. The van der Waals surface area contributed by atoms with Crippen LogP contribution >= 0.6 is 0 Å². The van der Waals surface area contributed by atoms with Crippen molar-refractivity contribution in [3.63, 3.8) is 0 Å². The molecular formula is C22H22N8O. The van der Waals surface area contributed by atoms with Gasteiger partial charge in [-0.05, 0) is 25.0 Å². The van der Waals surface area contributed by atoms with Gasteiger partial charge in [-0.1, -0.05) is 18.2 Å². The highest BCUT2D eigenvalue weighted by Gasteiger charge is 2.22. The SMILES string of the molecule is N#Cc1ccccc1-c1cnc(N)c(C(=O)Nc2cnccc2N2CCCC(N)C2)n1. The average molecular weight is 414 g/mol. The van der Waals surface area contributed by atoms with Crippen LogP contribution in [0.1, 0.15) is 28.9 Å². The highest BCUT2D eigenvalue weighted by atomic mass is 16.1. The maximum absolute atomic E-state index is 13.0. The summed E-state index contributed by atoms with van der Waals surface area (Å²) in [6, 6.07) is 11.0. The molecule has 1 aliphatic heterocycles. The van der Waals surface area contributed by atoms with E-state index in [0.717, 1.165) is 25.1 Å². The van der Waals surface area contributed by atoms with E-state index in [2.05, 4.69) is 31.2 Å². The number of benzene rings is 1. The quantitative estimate of drug-likeness (QED) is 0.588. The first kappa shape index (κ1) is 20.3. The number of nitrogen functional groups attached to an aromatic ring is 1. The number of rotatable bonds is 4. The zero-order chi connectivity index (χ0) is 21.8. The van der Waals surface area contributed by atoms with Crippen molar-refractivity contribution in [2.75, 3.05) is 29.0 Å². The number of piperidine rings is 1. The second kappa shape index (κ2) is 8.77. The summed E-state index contributed by atoms with van der Waals surface area (Å²) in [7, 11) is 0. The summed E-state index contributed by atoms with van der Waals surface area (Å²) in [6.07, 6.45) is 6.68. The number of amides is 1. The third kappa shape index (κ3) is 4.29. The fourth-order valence-corrected chi connectivity index (χ4v) is 3.67. The maximum Gasteiger partial charge on any atom is 0.278 e. The molecule has 156 valence electrons. The molecule has 9 heteroatoms. The van der Waals surface area contributed by atoms with Gasteiger partial charge in [0.2, 0.25) is 0 Å². The highest BCUT2D eigenvalue weighted by molar-refractivity contribution is 6.07. The number of nitrogens with zero attached hydrogens (tertiary/aromatic N) is 5. The minimum atomic E-state index is -0.503. The Labute approximate surface area is 179 Å². The second-order valence-electron chi connectivity index (χ2n) is 7.34. The van der Waals surface area contributed by atoms with Crippen molar-refractivity contribution in [2.45, 2.75) is 18.9 Å². The molecule has 31 heavy (non-hydrogen) atoms. The Hall–Kier alpha value is -4.03.